The van der Waals surface area contributed by atoms with E-state index in [2.05, 4.69) is 0 Å². The van der Waals surface area contributed by atoms with Crippen molar-refractivity contribution >= 4 is 41.1 Å². The summed E-state index contributed by atoms with van der Waals surface area (Å²) in [7, 11) is -5.54. The van der Waals surface area contributed by atoms with Gasteiger partial charge >= 0.3 is 17.6 Å². The fourth-order valence-electron chi connectivity index (χ4n) is 5.37. The predicted octanol–water partition coefficient (Wildman–Crippen LogP) is 7.15. The molecular weight excluding hydrogens is 693 g/mol. The quantitative estimate of drug-likeness (QED) is 0.0420. The zero-order valence-electron chi connectivity index (χ0n) is 28.9. The maximum atomic E-state index is 11.1. The summed E-state index contributed by atoms with van der Waals surface area (Å²) >= 11 is 2.83. The molecule has 3 rings (SSSR count). The van der Waals surface area contributed by atoms with Gasteiger partial charge in [0, 0.05) is 63.9 Å². The van der Waals surface area contributed by atoms with Gasteiger partial charge in [-0.1, -0.05) is 6.07 Å². The van der Waals surface area contributed by atoms with Crippen molar-refractivity contribution in [3.8, 4) is 34.9 Å². The molecule has 4 N–H and O–H groups in total. The second kappa shape index (κ2) is 19.9. The highest BCUT2D eigenvalue weighted by Crippen LogP contribution is 2.41. The van der Waals surface area contributed by atoms with Gasteiger partial charge in [0.2, 0.25) is 11.8 Å². The Morgan fingerprint density at radius 3 is 1.19 bits per heavy atom. The summed E-state index contributed by atoms with van der Waals surface area (Å²) < 4.78 is 38.3. The molecule has 270 valence electrons. The van der Waals surface area contributed by atoms with Crippen LogP contribution < -0.4 is 0 Å². The van der Waals surface area contributed by atoms with Crippen LogP contribution in [0.3, 0.4) is 0 Å². The predicted molar refractivity (Wildman–Crippen MR) is 193 cm³/mol. The highest BCUT2D eigenvalue weighted by molar-refractivity contribution is 7.99. The minimum atomic E-state index is -2.77. The van der Waals surface area contributed by atoms with Crippen LogP contribution in [0.15, 0.2) is 46.2 Å². The first-order valence-corrected chi connectivity index (χ1v) is 22.4. The van der Waals surface area contributed by atoms with E-state index in [4.69, 9.17) is 26.6 Å². The third kappa shape index (κ3) is 10.4. The van der Waals surface area contributed by atoms with Crippen LogP contribution >= 0.6 is 23.5 Å². The van der Waals surface area contributed by atoms with Crippen molar-refractivity contribution in [3.05, 3.63) is 36.4 Å². The van der Waals surface area contributed by atoms with E-state index < -0.39 is 17.6 Å². The fourth-order valence-corrected chi connectivity index (χ4v) is 12.9. The van der Waals surface area contributed by atoms with Gasteiger partial charge in [0.15, 0.2) is 11.8 Å². The number of aromatic nitrogens is 2. The van der Waals surface area contributed by atoms with Crippen LogP contribution in [0.2, 0.25) is 12.1 Å². The molecule has 0 bridgehead atoms. The van der Waals surface area contributed by atoms with E-state index in [0.29, 0.717) is 84.4 Å². The van der Waals surface area contributed by atoms with Crippen molar-refractivity contribution in [1.82, 2.24) is 9.13 Å². The van der Waals surface area contributed by atoms with Crippen LogP contribution in [0.1, 0.15) is 54.4 Å². The standard InChI is InChI=1S/C32H52N2O10S2Si2/c1-7-39-47(40-8-2,41-9-3)20-14-18-45-27-23-29(35)33(31(27)37)25-16-13-17-26(22-25)34-30(36)24-28(32(34)38)46-19-15-21-48(42-10-4,43-11-5)44-12-6/h13,16-17,22-24,35-38H,7-12,14-15,18-21H2,1-6H3. The summed E-state index contributed by atoms with van der Waals surface area (Å²) in [5, 5.41) is 43.9. The Kier molecular flexibility index (Phi) is 16.7. The van der Waals surface area contributed by atoms with E-state index in [1.165, 1.54) is 44.8 Å². The van der Waals surface area contributed by atoms with Gasteiger partial charge in [-0.05, 0) is 84.1 Å². The molecule has 0 fully saturated rings. The Labute approximate surface area is 295 Å². The van der Waals surface area contributed by atoms with E-state index in [9.17, 15) is 20.4 Å². The Morgan fingerprint density at radius 1 is 0.542 bits per heavy atom. The van der Waals surface area contributed by atoms with Gasteiger partial charge in [0.25, 0.3) is 0 Å². The molecule has 0 atom stereocenters. The van der Waals surface area contributed by atoms with Crippen LogP contribution in [0, 0.1) is 0 Å². The van der Waals surface area contributed by atoms with E-state index in [-0.39, 0.29) is 23.5 Å². The number of rotatable bonds is 24. The SMILES string of the molecule is CCO[Si](CCCSc1cc(O)n(-c2cccc(-n3c(O)cc(SCCC[Si](OCC)(OCC)OCC)c3O)c2)c1O)(OCC)OCC. The highest BCUT2D eigenvalue weighted by atomic mass is 32.2. The summed E-state index contributed by atoms with van der Waals surface area (Å²) in [6.45, 7) is 14.6. The van der Waals surface area contributed by atoms with Crippen molar-refractivity contribution in [1.29, 1.82) is 0 Å². The normalized spacial score (nSPS) is 12.3. The summed E-state index contributed by atoms with van der Waals surface area (Å²) in [4.78, 5) is 1.04. The Balaban J connectivity index is 1.71. The molecule has 1 aromatic carbocycles. The van der Waals surface area contributed by atoms with E-state index in [0.717, 1.165) is 12.8 Å². The molecule has 3 aromatic rings. The summed E-state index contributed by atoms with van der Waals surface area (Å²) in [6, 6.07) is 11.2. The molecule has 0 amide bonds. The highest BCUT2D eigenvalue weighted by Gasteiger charge is 2.40. The van der Waals surface area contributed by atoms with Crippen molar-refractivity contribution in [2.24, 2.45) is 0 Å². The number of hydrogen-bond donors (Lipinski definition) is 4. The van der Waals surface area contributed by atoms with Gasteiger partial charge in [0.05, 0.1) is 21.2 Å². The van der Waals surface area contributed by atoms with Crippen molar-refractivity contribution in [2.75, 3.05) is 51.1 Å². The van der Waals surface area contributed by atoms with Crippen LogP contribution in [0.4, 0.5) is 0 Å². The van der Waals surface area contributed by atoms with Crippen LogP contribution in [-0.2, 0) is 26.6 Å². The van der Waals surface area contributed by atoms with Crippen molar-refractivity contribution in [2.45, 2.75) is 76.3 Å². The topological polar surface area (TPSA) is 146 Å². The van der Waals surface area contributed by atoms with Gasteiger partial charge in [0.1, 0.15) is 0 Å². The Bertz CT molecular complexity index is 1270. The van der Waals surface area contributed by atoms with E-state index >= 15 is 0 Å². The summed E-state index contributed by atoms with van der Waals surface area (Å²) in [5.74, 6) is 0.794. The molecule has 0 saturated heterocycles. The average molecular weight is 745 g/mol. The van der Waals surface area contributed by atoms with Crippen LogP contribution in [0.25, 0.3) is 11.4 Å². The van der Waals surface area contributed by atoms with Gasteiger partial charge < -0.3 is 47.0 Å². The number of nitrogens with zero attached hydrogens (tertiary/aromatic N) is 2. The molecule has 12 nitrogen and oxygen atoms in total. The molecule has 0 aliphatic rings. The zero-order valence-corrected chi connectivity index (χ0v) is 32.5. The van der Waals surface area contributed by atoms with Gasteiger partial charge in [-0.15, -0.1) is 23.5 Å². The molecule has 2 aromatic heterocycles. The second-order valence-electron chi connectivity index (χ2n) is 10.4. The fraction of sp³-hybridized carbons (Fsp3) is 0.562. The van der Waals surface area contributed by atoms with Gasteiger partial charge in [-0.3, -0.25) is 9.13 Å². The first kappa shape index (κ1) is 40.3. The summed E-state index contributed by atoms with van der Waals surface area (Å²) in [6.07, 6.45) is 1.47. The molecule has 2 heterocycles. The molecule has 0 aliphatic heterocycles. The number of benzene rings is 1. The molecule has 0 radical (unpaired) electrons. The minimum absolute atomic E-state index is 0.111. The first-order valence-electron chi connectivity index (χ1n) is 16.6. The number of thioether (sulfide) groups is 2. The Morgan fingerprint density at radius 2 is 0.875 bits per heavy atom. The van der Waals surface area contributed by atoms with Gasteiger partial charge in [-0.2, -0.15) is 0 Å². The molecule has 16 heteroatoms. The first-order chi connectivity index (χ1) is 23.1. The third-order valence-corrected chi connectivity index (χ3v) is 15.7. The number of aromatic hydroxyl groups is 4. The molecule has 0 spiro atoms. The van der Waals surface area contributed by atoms with Crippen LogP contribution in [0.5, 0.6) is 23.5 Å². The average Bonchev–Trinajstić information content (AvgIpc) is 3.50. The third-order valence-electron chi connectivity index (χ3n) is 7.14. The molecular formula is C32H52N2O10S2Si2. The number of hydrogen-bond acceptors (Lipinski definition) is 12. The lowest BCUT2D eigenvalue weighted by Crippen LogP contribution is -2.46. The largest absolute Gasteiger partial charge is 0.500 e. The van der Waals surface area contributed by atoms with Crippen LogP contribution in [-0.4, -0.2) is 98.3 Å². The maximum Gasteiger partial charge on any atom is 0.500 e. The lowest BCUT2D eigenvalue weighted by molar-refractivity contribution is 0.0704. The molecule has 48 heavy (non-hydrogen) atoms. The lowest BCUT2D eigenvalue weighted by atomic mass is 10.2. The lowest BCUT2D eigenvalue weighted by Gasteiger charge is -2.28. The molecule has 0 saturated carbocycles. The second-order valence-corrected chi connectivity index (χ2v) is 18.2. The smallest absolute Gasteiger partial charge is 0.494 e. The van der Waals surface area contributed by atoms with E-state index in [1.54, 1.807) is 24.3 Å². The van der Waals surface area contributed by atoms with Crippen molar-refractivity contribution < 1.29 is 47.0 Å². The molecule has 0 unspecified atom stereocenters. The van der Waals surface area contributed by atoms with Gasteiger partial charge in [-0.25, -0.2) is 0 Å². The molecule has 0 aliphatic carbocycles. The zero-order chi connectivity index (χ0) is 35.2. The maximum absolute atomic E-state index is 11.1. The van der Waals surface area contributed by atoms with Crippen molar-refractivity contribution in [3.63, 3.8) is 0 Å². The summed E-state index contributed by atoms with van der Waals surface area (Å²) in [5.41, 5.74) is 0.908. The Hall–Kier alpha value is -2.13. The monoisotopic (exact) mass is 744 g/mol. The van der Waals surface area contributed by atoms with E-state index in [1.807, 2.05) is 41.5 Å². The minimum Gasteiger partial charge on any atom is -0.494 e.